The first kappa shape index (κ1) is 22.2. The SMILES string of the molecule is C[C@H](OC(=O)c1ccc(S(=O)(=O)N(C)C)cc1)C(=O)Nc1ccc(Cl)cc1Cl. The standard InChI is InChI=1S/C18H18Cl2N2O5S/c1-11(17(23)21-16-9-6-13(19)10-15(16)20)27-18(24)12-4-7-14(8-5-12)28(25,26)22(2)3/h4-11H,1-3H3,(H,21,23)/t11-/m0/s1. The van der Waals surface area contributed by atoms with Crippen LogP contribution in [0.15, 0.2) is 47.4 Å². The minimum Gasteiger partial charge on any atom is -0.449 e. The molecule has 7 nitrogen and oxygen atoms in total. The summed E-state index contributed by atoms with van der Waals surface area (Å²) in [7, 11) is -0.787. The smallest absolute Gasteiger partial charge is 0.338 e. The largest absolute Gasteiger partial charge is 0.449 e. The van der Waals surface area contributed by atoms with Crippen LogP contribution >= 0.6 is 23.2 Å². The molecule has 0 bridgehead atoms. The Morgan fingerprint density at radius 3 is 2.21 bits per heavy atom. The van der Waals surface area contributed by atoms with Crippen molar-refractivity contribution in [1.29, 1.82) is 0 Å². The lowest BCUT2D eigenvalue weighted by molar-refractivity contribution is -0.123. The van der Waals surface area contributed by atoms with Gasteiger partial charge in [-0.15, -0.1) is 0 Å². The second kappa shape index (κ2) is 8.91. The van der Waals surface area contributed by atoms with Crippen LogP contribution < -0.4 is 5.32 Å². The van der Waals surface area contributed by atoms with Crippen LogP contribution in [0.2, 0.25) is 10.0 Å². The molecule has 0 radical (unpaired) electrons. The summed E-state index contributed by atoms with van der Waals surface area (Å²) >= 11 is 11.8. The molecule has 0 heterocycles. The molecule has 0 aromatic heterocycles. The van der Waals surface area contributed by atoms with E-state index in [0.29, 0.717) is 10.7 Å². The Kier molecular flexibility index (Phi) is 7.06. The highest BCUT2D eigenvalue weighted by molar-refractivity contribution is 7.89. The summed E-state index contributed by atoms with van der Waals surface area (Å²) in [4.78, 5) is 24.5. The van der Waals surface area contributed by atoms with Crippen molar-refractivity contribution in [2.75, 3.05) is 19.4 Å². The fraction of sp³-hybridized carbons (Fsp3) is 0.222. The first-order chi connectivity index (χ1) is 13.0. The molecule has 28 heavy (non-hydrogen) atoms. The lowest BCUT2D eigenvalue weighted by Gasteiger charge is -2.15. The third-order valence-corrected chi connectivity index (χ3v) is 6.09. The number of sulfonamides is 1. The van der Waals surface area contributed by atoms with Crippen molar-refractivity contribution in [3.63, 3.8) is 0 Å². The molecule has 0 saturated carbocycles. The number of ether oxygens (including phenoxy) is 1. The van der Waals surface area contributed by atoms with Gasteiger partial charge in [0.25, 0.3) is 5.91 Å². The van der Waals surface area contributed by atoms with Gasteiger partial charge in [0.2, 0.25) is 10.0 Å². The molecule has 1 atom stereocenters. The predicted octanol–water partition coefficient (Wildman–Crippen LogP) is 3.43. The third kappa shape index (κ3) is 5.23. The van der Waals surface area contributed by atoms with Crippen molar-refractivity contribution < 1.29 is 22.7 Å². The number of benzene rings is 2. The number of hydrogen-bond acceptors (Lipinski definition) is 5. The van der Waals surface area contributed by atoms with Gasteiger partial charge >= 0.3 is 5.97 Å². The topological polar surface area (TPSA) is 92.8 Å². The van der Waals surface area contributed by atoms with E-state index in [1.807, 2.05) is 0 Å². The first-order valence-electron chi connectivity index (χ1n) is 8.02. The summed E-state index contributed by atoms with van der Waals surface area (Å²) in [6.45, 7) is 1.40. The summed E-state index contributed by atoms with van der Waals surface area (Å²) in [5.74, 6) is -1.34. The minimum atomic E-state index is -3.60. The molecule has 1 N–H and O–H groups in total. The van der Waals surface area contributed by atoms with Gasteiger partial charge in [0, 0.05) is 19.1 Å². The maximum absolute atomic E-state index is 12.2. The summed E-state index contributed by atoms with van der Waals surface area (Å²) < 4.78 is 30.3. The Bertz CT molecular complexity index is 992. The lowest BCUT2D eigenvalue weighted by Crippen LogP contribution is -2.30. The van der Waals surface area contributed by atoms with Gasteiger partial charge in [0.15, 0.2) is 6.10 Å². The molecule has 0 aliphatic carbocycles. The zero-order valence-corrected chi connectivity index (χ0v) is 17.6. The van der Waals surface area contributed by atoms with E-state index < -0.39 is 28.0 Å². The van der Waals surface area contributed by atoms with Crippen LogP contribution in [0.4, 0.5) is 5.69 Å². The van der Waals surface area contributed by atoms with Gasteiger partial charge in [0.1, 0.15) is 0 Å². The highest BCUT2D eigenvalue weighted by Crippen LogP contribution is 2.25. The van der Waals surface area contributed by atoms with E-state index in [0.717, 1.165) is 4.31 Å². The molecule has 1 amide bonds. The average Bonchev–Trinajstić information content (AvgIpc) is 2.63. The zero-order valence-electron chi connectivity index (χ0n) is 15.3. The molecule has 0 aliphatic heterocycles. The maximum atomic E-state index is 12.2. The number of carbonyl (C=O) groups excluding carboxylic acids is 2. The molecule has 0 unspecified atom stereocenters. The fourth-order valence-corrected chi connectivity index (χ4v) is 3.44. The molecular formula is C18H18Cl2N2O5S. The van der Waals surface area contributed by atoms with Crippen LogP contribution in [0.1, 0.15) is 17.3 Å². The first-order valence-corrected chi connectivity index (χ1v) is 10.2. The molecule has 0 aliphatic rings. The van der Waals surface area contributed by atoms with E-state index in [-0.39, 0.29) is 15.5 Å². The monoisotopic (exact) mass is 444 g/mol. The van der Waals surface area contributed by atoms with Crippen molar-refractivity contribution in [3.05, 3.63) is 58.1 Å². The maximum Gasteiger partial charge on any atom is 0.338 e. The van der Waals surface area contributed by atoms with Gasteiger partial charge in [0.05, 0.1) is 21.2 Å². The average molecular weight is 445 g/mol. The third-order valence-electron chi connectivity index (χ3n) is 3.71. The Hall–Kier alpha value is -2.13. The highest BCUT2D eigenvalue weighted by atomic mass is 35.5. The Morgan fingerprint density at radius 1 is 1.07 bits per heavy atom. The zero-order chi connectivity index (χ0) is 21.1. The van der Waals surface area contributed by atoms with Crippen molar-refractivity contribution in [2.45, 2.75) is 17.9 Å². The molecule has 2 aromatic carbocycles. The highest BCUT2D eigenvalue weighted by Gasteiger charge is 2.21. The summed E-state index contributed by atoms with van der Waals surface area (Å²) in [5.41, 5.74) is 0.444. The molecule has 2 aromatic rings. The van der Waals surface area contributed by atoms with Crippen LogP contribution in [0, 0.1) is 0 Å². The van der Waals surface area contributed by atoms with Crippen LogP contribution in [-0.2, 0) is 19.6 Å². The van der Waals surface area contributed by atoms with Crippen LogP contribution in [0.3, 0.4) is 0 Å². The minimum absolute atomic E-state index is 0.0391. The van der Waals surface area contributed by atoms with E-state index in [4.69, 9.17) is 27.9 Å². The molecule has 0 spiro atoms. The van der Waals surface area contributed by atoms with Crippen LogP contribution in [0.25, 0.3) is 0 Å². The lowest BCUT2D eigenvalue weighted by atomic mass is 10.2. The summed E-state index contributed by atoms with van der Waals surface area (Å²) in [6, 6.07) is 9.79. The van der Waals surface area contributed by atoms with Crippen molar-refractivity contribution in [3.8, 4) is 0 Å². The number of nitrogens with zero attached hydrogens (tertiary/aromatic N) is 1. The van der Waals surface area contributed by atoms with E-state index in [9.17, 15) is 18.0 Å². The molecular weight excluding hydrogens is 427 g/mol. The van der Waals surface area contributed by atoms with E-state index >= 15 is 0 Å². The molecule has 2 rings (SSSR count). The van der Waals surface area contributed by atoms with Crippen molar-refractivity contribution in [1.82, 2.24) is 4.31 Å². The number of hydrogen-bond donors (Lipinski definition) is 1. The van der Waals surface area contributed by atoms with Crippen LogP contribution in [-0.4, -0.2) is 44.8 Å². The van der Waals surface area contributed by atoms with E-state index in [1.54, 1.807) is 6.07 Å². The normalized spacial score (nSPS) is 12.5. The Balaban J connectivity index is 2.04. The van der Waals surface area contributed by atoms with Gasteiger partial charge in [-0.05, 0) is 49.4 Å². The van der Waals surface area contributed by atoms with Gasteiger partial charge in [-0.1, -0.05) is 23.2 Å². The number of nitrogens with one attached hydrogen (secondary N) is 1. The van der Waals surface area contributed by atoms with Gasteiger partial charge in [-0.25, -0.2) is 17.5 Å². The fourth-order valence-electron chi connectivity index (χ4n) is 2.08. The van der Waals surface area contributed by atoms with Gasteiger partial charge in [-0.2, -0.15) is 0 Å². The molecule has 10 heteroatoms. The van der Waals surface area contributed by atoms with Gasteiger partial charge in [-0.3, -0.25) is 4.79 Å². The van der Waals surface area contributed by atoms with Gasteiger partial charge < -0.3 is 10.1 Å². The van der Waals surface area contributed by atoms with E-state index in [2.05, 4.69) is 5.32 Å². The second-order valence-electron chi connectivity index (χ2n) is 5.97. The Labute approximate surface area is 173 Å². The Morgan fingerprint density at radius 2 is 1.68 bits per heavy atom. The number of carbonyl (C=O) groups is 2. The molecule has 0 saturated heterocycles. The number of rotatable bonds is 6. The summed E-state index contributed by atoms with van der Waals surface area (Å²) in [6.07, 6.45) is -1.11. The van der Waals surface area contributed by atoms with Crippen LogP contribution in [0.5, 0.6) is 0 Å². The quantitative estimate of drug-likeness (QED) is 0.688. The molecule has 0 fully saturated rings. The number of halogens is 2. The predicted molar refractivity (Wildman–Crippen MR) is 107 cm³/mol. The number of anilines is 1. The number of amides is 1. The number of esters is 1. The van der Waals surface area contributed by atoms with Crippen molar-refractivity contribution >= 4 is 50.8 Å². The second-order valence-corrected chi connectivity index (χ2v) is 8.97. The van der Waals surface area contributed by atoms with E-state index in [1.165, 1.54) is 57.4 Å². The summed E-state index contributed by atoms with van der Waals surface area (Å²) in [5, 5.41) is 3.21. The molecule has 150 valence electrons. The van der Waals surface area contributed by atoms with Crippen molar-refractivity contribution in [2.24, 2.45) is 0 Å².